The number of ketones is 1. The smallest absolute Gasteiger partial charge is 0.296 e. The highest BCUT2D eigenvalue weighted by molar-refractivity contribution is 8.00. The Hall–Kier alpha value is -4.03. The number of aromatic nitrogens is 2. The number of halogens is 2. The molecule has 3 aromatic carbocycles. The molecule has 2 heterocycles. The van der Waals surface area contributed by atoms with Gasteiger partial charge in [-0.2, -0.15) is 0 Å². The van der Waals surface area contributed by atoms with Crippen LogP contribution in [0.5, 0.6) is 0 Å². The standard InChI is InChI=1S/C28H18Cl2N4O5S2/c29-19-11-10-18(21(30)14-19)15-40-28-32-31-27(41-28)33-24(17-7-4-8-20(13-17)34(38)39)23(25(36)26(33)37)22(35)12-9-16-5-2-1-3-6-16/h1-14,24,36H,15H2. The maximum absolute atomic E-state index is 13.4. The number of carbonyl (C=O) groups excluding carboxylic acids is 2. The van der Waals surface area contributed by atoms with Crippen molar-refractivity contribution in [3.05, 3.63) is 127 Å². The number of carbonyl (C=O) groups is 2. The van der Waals surface area contributed by atoms with E-state index in [1.807, 2.05) is 6.07 Å². The lowest BCUT2D eigenvalue weighted by atomic mass is 9.95. The third kappa shape index (κ3) is 6.18. The zero-order valence-corrected chi connectivity index (χ0v) is 24.0. The van der Waals surface area contributed by atoms with Crippen molar-refractivity contribution in [2.75, 3.05) is 4.90 Å². The van der Waals surface area contributed by atoms with Gasteiger partial charge in [0.25, 0.3) is 11.6 Å². The minimum Gasteiger partial charge on any atom is -0.503 e. The maximum atomic E-state index is 13.4. The van der Waals surface area contributed by atoms with Crippen LogP contribution in [0, 0.1) is 10.1 Å². The fourth-order valence-electron chi connectivity index (χ4n) is 4.14. The number of nitro groups is 1. The van der Waals surface area contributed by atoms with Gasteiger partial charge in [-0.3, -0.25) is 24.6 Å². The molecule has 13 heteroatoms. The number of rotatable bonds is 9. The second-order valence-electron chi connectivity index (χ2n) is 8.68. The molecule has 0 fully saturated rings. The summed E-state index contributed by atoms with van der Waals surface area (Å²) in [7, 11) is 0. The van der Waals surface area contributed by atoms with E-state index in [1.54, 1.807) is 54.6 Å². The lowest BCUT2D eigenvalue weighted by Gasteiger charge is -2.23. The average molecular weight is 626 g/mol. The maximum Gasteiger partial charge on any atom is 0.296 e. The molecular formula is C28H18Cl2N4O5S2. The van der Waals surface area contributed by atoms with E-state index in [4.69, 9.17) is 23.2 Å². The first-order valence-corrected chi connectivity index (χ1v) is 14.5. The summed E-state index contributed by atoms with van der Waals surface area (Å²) < 4.78 is 0.500. The number of nitrogens with zero attached hydrogens (tertiary/aromatic N) is 4. The van der Waals surface area contributed by atoms with Crippen molar-refractivity contribution in [3.63, 3.8) is 0 Å². The minimum absolute atomic E-state index is 0.109. The second kappa shape index (κ2) is 12.2. The molecule has 0 aliphatic carbocycles. The highest BCUT2D eigenvalue weighted by Crippen LogP contribution is 2.44. The van der Waals surface area contributed by atoms with Gasteiger partial charge >= 0.3 is 0 Å². The van der Waals surface area contributed by atoms with E-state index in [1.165, 1.54) is 36.0 Å². The van der Waals surface area contributed by atoms with Gasteiger partial charge in [-0.1, -0.05) is 101 Å². The molecule has 0 saturated heterocycles. The van der Waals surface area contributed by atoms with Gasteiger partial charge < -0.3 is 5.11 Å². The number of allylic oxidation sites excluding steroid dienone is 1. The van der Waals surface area contributed by atoms with Crippen LogP contribution in [-0.4, -0.2) is 31.9 Å². The molecule has 9 nitrogen and oxygen atoms in total. The highest BCUT2D eigenvalue weighted by Gasteiger charge is 2.45. The van der Waals surface area contributed by atoms with E-state index < -0.39 is 28.4 Å². The Labute approximate surface area is 251 Å². The highest BCUT2D eigenvalue weighted by atomic mass is 35.5. The van der Waals surface area contributed by atoms with Gasteiger partial charge in [-0.05, 0) is 34.9 Å². The molecule has 41 heavy (non-hydrogen) atoms. The summed E-state index contributed by atoms with van der Waals surface area (Å²) in [4.78, 5) is 38.8. The van der Waals surface area contributed by atoms with Crippen molar-refractivity contribution >= 4 is 74.9 Å². The van der Waals surface area contributed by atoms with Gasteiger partial charge in [-0.15, -0.1) is 10.2 Å². The van der Waals surface area contributed by atoms with Crippen LogP contribution in [0.3, 0.4) is 0 Å². The minimum atomic E-state index is -1.17. The molecule has 1 amide bonds. The topological polar surface area (TPSA) is 127 Å². The number of non-ortho nitro benzene ring substituents is 1. The van der Waals surface area contributed by atoms with Crippen molar-refractivity contribution in [3.8, 4) is 0 Å². The predicted octanol–water partition coefficient (Wildman–Crippen LogP) is 7.23. The fourth-order valence-corrected chi connectivity index (χ4v) is 6.57. The van der Waals surface area contributed by atoms with Gasteiger partial charge in [0.05, 0.1) is 16.5 Å². The van der Waals surface area contributed by atoms with E-state index in [0.29, 0.717) is 20.1 Å². The van der Waals surface area contributed by atoms with Gasteiger partial charge in [-0.25, -0.2) is 0 Å². The van der Waals surface area contributed by atoms with Gasteiger partial charge in [0, 0.05) is 27.9 Å². The Kier molecular flexibility index (Phi) is 8.50. The van der Waals surface area contributed by atoms with Crippen molar-refractivity contribution in [1.29, 1.82) is 0 Å². The number of nitro benzene ring substituents is 1. The van der Waals surface area contributed by atoms with E-state index in [2.05, 4.69) is 10.2 Å². The van der Waals surface area contributed by atoms with Crippen LogP contribution in [0.25, 0.3) is 6.08 Å². The van der Waals surface area contributed by atoms with Crippen LogP contribution >= 0.6 is 46.3 Å². The summed E-state index contributed by atoms with van der Waals surface area (Å²) in [5.41, 5.74) is 1.36. The second-order valence-corrected chi connectivity index (χ2v) is 11.7. The molecule has 0 radical (unpaired) electrons. The van der Waals surface area contributed by atoms with Crippen molar-refractivity contribution < 1.29 is 19.6 Å². The number of anilines is 1. The number of hydrogen-bond acceptors (Lipinski definition) is 9. The van der Waals surface area contributed by atoms with Gasteiger partial charge in [0.15, 0.2) is 15.9 Å². The summed E-state index contributed by atoms with van der Waals surface area (Å²) in [5, 5.41) is 31.8. The molecule has 1 aliphatic heterocycles. The van der Waals surface area contributed by atoms with Crippen LogP contribution in [0.2, 0.25) is 10.0 Å². The Bertz CT molecular complexity index is 1730. The van der Waals surface area contributed by atoms with Crippen molar-refractivity contribution in [2.24, 2.45) is 0 Å². The van der Waals surface area contributed by atoms with Crippen molar-refractivity contribution in [2.45, 2.75) is 16.1 Å². The summed E-state index contributed by atoms with van der Waals surface area (Å²) in [6.45, 7) is 0. The predicted molar refractivity (Wildman–Crippen MR) is 159 cm³/mol. The molecule has 4 aromatic rings. The van der Waals surface area contributed by atoms with E-state index in [-0.39, 0.29) is 22.0 Å². The normalized spacial score (nSPS) is 15.2. The SMILES string of the molecule is O=C(C=Cc1ccccc1)C1=C(O)C(=O)N(c2nnc(SCc3ccc(Cl)cc3Cl)s2)C1c1cccc([N+](=O)[O-])c1. The monoisotopic (exact) mass is 624 g/mol. The molecule has 1 atom stereocenters. The van der Waals surface area contributed by atoms with Crippen LogP contribution in [-0.2, 0) is 15.3 Å². The first-order valence-electron chi connectivity index (χ1n) is 11.9. The van der Waals surface area contributed by atoms with Crippen LogP contribution in [0.15, 0.2) is 94.5 Å². The van der Waals surface area contributed by atoms with Crippen molar-refractivity contribution in [1.82, 2.24) is 10.2 Å². The Morgan fingerprint density at radius 1 is 1.10 bits per heavy atom. The molecule has 5 rings (SSSR count). The molecule has 0 saturated carbocycles. The number of amides is 1. The van der Waals surface area contributed by atoms with Crippen LogP contribution in [0.4, 0.5) is 10.8 Å². The lowest BCUT2D eigenvalue weighted by molar-refractivity contribution is -0.384. The number of hydrogen-bond donors (Lipinski definition) is 1. The molecule has 1 unspecified atom stereocenters. The summed E-state index contributed by atoms with van der Waals surface area (Å²) in [5.74, 6) is -1.81. The lowest BCUT2D eigenvalue weighted by Crippen LogP contribution is -2.30. The fraction of sp³-hybridized carbons (Fsp3) is 0.0714. The summed E-state index contributed by atoms with van der Waals surface area (Å²) >= 11 is 14.6. The van der Waals surface area contributed by atoms with Gasteiger partial charge in [0.2, 0.25) is 5.13 Å². The Balaban J connectivity index is 1.49. The zero-order chi connectivity index (χ0) is 29.1. The molecule has 206 valence electrons. The number of thioether (sulfide) groups is 1. The third-order valence-electron chi connectivity index (χ3n) is 6.07. The molecule has 1 N–H and O–H groups in total. The quantitative estimate of drug-likeness (QED) is 0.0679. The van der Waals surface area contributed by atoms with E-state index in [0.717, 1.165) is 27.4 Å². The Morgan fingerprint density at radius 3 is 2.61 bits per heavy atom. The summed E-state index contributed by atoms with van der Waals surface area (Å²) in [6.07, 6.45) is 2.81. The number of aliphatic hydroxyl groups excluding tert-OH is 1. The molecule has 0 bridgehead atoms. The first-order chi connectivity index (χ1) is 19.7. The average Bonchev–Trinajstić information content (AvgIpc) is 3.53. The zero-order valence-electron chi connectivity index (χ0n) is 20.8. The largest absolute Gasteiger partial charge is 0.503 e. The molecular weight excluding hydrogens is 607 g/mol. The third-order valence-corrected chi connectivity index (χ3v) is 8.76. The van der Waals surface area contributed by atoms with Crippen LogP contribution in [0.1, 0.15) is 22.7 Å². The first kappa shape index (κ1) is 28.5. The Morgan fingerprint density at radius 2 is 1.88 bits per heavy atom. The van der Waals surface area contributed by atoms with Gasteiger partial charge in [0.1, 0.15) is 0 Å². The number of benzene rings is 3. The van der Waals surface area contributed by atoms with E-state index >= 15 is 0 Å². The summed E-state index contributed by atoms with van der Waals surface area (Å²) in [6, 6.07) is 18.6. The molecule has 1 aliphatic rings. The van der Waals surface area contributed by atoms with Crippen LogP contribution < -0.4 is 4.90 Å². The molecule has 0 spiro atoms. The van der Waals surface area contributed by atoms with E-state index in [9.17, 15) is 24.8 Å². The number of aliphatic hydroxyl groups is 1. The molecule has 1 aromatic heterocycles.